The first-order valence-corrected chi connectivity index (χ1v) is 6.05. The zero-order chi connectivity index (χ0) is 12.3. The summed E-state index contributed by atoms with van der Waals surface area (Å²) in [6.45, 7) is 2.82. The summed E-state index contributed by atoms with van der Waals surface area (Å²) >= 11 is 0. The van der Waals surface area contributed by atoms with Gasteiger partial charge in [-0.1, -0.05) is 19.8 Å². The number of anilines is 2. The lowest BCUT2D eigenvalue weighted by atomic mass is 10.1. The molecule has 0 aromatic heterocycles. The number of unbranched alkanes of at least 4 members (excludes halogenated alkanes) is 2. The molecule has 0 atom stereocenters. The lowest BCUT2D eigenvalue weighted by Gasteiger charge is -2.10. The third kappa shape index (κ3) is 2.70. The third-order valence-electron chi connectivity index (χ3n) is 2.87. The van der Waals surface area contributed by atoms with Gasteiger partial charge in [-0.15, -0.1) is 0 Å². The Kier molecular flexibility index (Phi) is 3.52. The van der Waals surface area contributed by atoms with Crippen molar-refractivity contribution in [3.05, 3.63) is 17.7 Å². The maximum absolute atomic E-state index is 11.2. The second kappa shape index (κ2) is 5.08. The van der Waals surface area contributed by atoms with Crippen LogP contribution in [0.25, 0.3) is 0 Å². The molecule has 0 unspecified atom stereocenters. The number of carbonyl (C=O) groups excluding carboxylic acids is 1. The molecular weight excluding hydrogens is 216 g/mol. The number of hydrogen-bond acceptors (Lipinski definition) is 3. The Labute approximate surface area is 101 Å². The molecule has 0 bridgehead atoms. The molecule has 1 aliphatic rings. The van der Waals surface area contributed by atoms with Gasteiger partial charge in [-0.2, -0.15) is 0 Å². The van der Waals surface area contributed by atoms with Crippen molar-refractivity contribution in [2.75, 3.05) is 17.7 Å². The molecule has 4 nitrogen and oxygen atoms in total. The molecule has 1 aromatic carbocycles. The van der Waals surface area contributed by atoms with Crippen LogP contribution in [0.2, 0.25) is 0 Å². The van der Waals surface area contributed by atoms with Crippen LogP contribution in [0.5, 0.6) is 5.75 Å². The van der Waals surface area contributed by atoms with Gasteiger partial charge in [0.25, 0.3) is 0 Å². The number of rotatable bonds is 5. The van der Waals surface area contributed by atoms with E-state index in [2.05, 4.69) is 12.2 Å². The summed E-state index contributed by atoms with van der Waals surface area (Å²) in [4.78, 5) is 11.2. The maximum atomic E-state index is 11.2. The Morgan fingerprint density at radius 2 is 2.24 bits per heavy atom. The van der Waals surface area contributed by atoms with Gasteiger partial charge < -0.3 is 15.8 Å². The van der Waals surface area contributed by atoms with Gasteiger partial charge in [0, 0.05) is 11.8 Å². The average Bonchev–Trinajstić information content (AvgIpc) is 2.63. The molecule has 0 saturated carbocycles. The average molecular weight is 234 g/mol. The van der Waals surface area contributed by atoms with E-state index in [1.807, 2.05) is 12.1 Å². The van der Waals surface area contributed by atoms with E-state index in [1.54, 1.807) is 0 Å². The fourth-order valence-corrected chi connectivity index (χ4v) is 1.93. The molecule has 0 spiro atoms. The molecule has 2 rings (SSSR count). The van der Waals surface area contributed by atoms with Crippen LogP contribution in [0.4, 0.5) is 11.4 Å². The smallest absolute Gasteiger partial charge is 0.228 e. The van der Waals surface area contributed by atoms with Crippen molar-refractivity contribution < 1.29 is 9.53 Å². The van der Waals surface area contributed by atoms with Crippen molar-refractivity contribution in [3.63, 3.8) is 0 Å². The number of carbonyl (C=O) groups is 1. The Balaban J connectivity index is 2.03. The van der Waals surface area contributed by atoms with Crippen LogP contribution in [0, 0.1) is 0 Å². The van der Waals surface area contributed by atoms with Gasteiger partial charge in [0.15, 0.2) is 0 Å². The third-order valence-corrected chi connectivity index (χ3v) is 2.87. The van der Waals surface area contributed by atoms with Gasteiger partial charge in [0.1, 0.15) is 5.75 Å². The Morgan fingerprint density at radius 3 is 3.00 bits per heavy atom. The SMILES string of the molecule is CCCCCOc1cc2c(cc1N)CC(=O)N2. The molecule has 92 valence electrons. The van der Waals surface area contributed by atoms with E-state index < -0.39 is 0 Å². The molecule has 4 heteroatoms. The van der Waals surface area contributed by atoms with Gasteiger partial charge in [0.05, 0.1) is 18.7 Å². The lowest BCUT2D eigenvalue weighted by molar-refractivity contribution is -0.115. The highest BCUT2D eigenvalue weighted by Crippen LogP contribution is 2.33. The van der Waals surface area contributed by atoms with Crippen LogP contribution >= 0.6 is 0 Å². The number of amides is 1. The van der Waals surface area contributed by atoms with E-state index in [4.69, 9.17) is 10.5 Å². The summed E-state index contributed by atoms with van der Waals surface area (Å²) in [7, 11) is 0. The van der Waals surface area contributed by atoms with Gasteiger partial charge in [-0.3, -0.25) is 4.79 Å². The van der Waals surface area contributed by atoms with E-state index in [9.17, 15) is 4.79 Å². The number of nitrogens with two attached hydrogens (primary N) is 1. The van der Waals surface area contributed by atoms with Gasteiger partial charge in [-0.05, 0) is 18.1 Å². The Morgan fingerprint density at radius 1 is 1.41 bits per heavy atom. The standard InChI is InChI=1S/C13H18N2O2/c1-2-3-4-5-17-12-8-11-9(6-10(12)14)7-13(16)15-11/h6,8H,2-5,7,14H2,1H3,(H,15,16). The van der Waals surface area contributed by atoms with Gasteiger partial charge in [0.2, 0.25) is 5.91 Å². The number of benzene rings is 1. The first-order valence-electron chi connectivity index (χ1n) is 6.05. The van der Waals surface area contributed by atoms with Crippen molar-refractivity contribution in [3.8, 4) is 5.75 Å². The first kappa shape index (κ1) is 11.8. The fraction of sp³-hybridized carbons (Fsp3) is 0.462. The number of ether oxygens (including phenoxy) is 1. The number of fused-ring (bicyclic) bond motifs is 1. The van der Waals surface area contributed by atoms with Crippen molar-refractivity contribution in [2.24, 2.45) is 0 Å². The monoisotopic (exact) mass is 234 g/mol. The minimum atomic E-state index is 0.0162. The van der Waals surface area contributed by atoms with Crippen LogP contribution in [-0.4, -0.2) is 12.5 Å². The molecule has 0 aliphatic carbocycles. The number of nitrogens with one attached hydrogen (secondary N) is 1. The highest BCUT2D eigenvalue weighted by molar-refractivity contribution is 6.00. The summed E-state index contributed by atoms with van der Waals surface area (Å²) in [5, 5.41) is 2.79. The second-order valence-corrected chi connectivity index (χ2v) is 4.33. The zero-order valence-electron chi connectivity index (χ0n) is 10.1. The van der Waals surface area contributed by atoms with E-state index in [1.165, 1.54) is 6.42 Å². The fourth-order valence-electron chi connectivity index (χ4n) is 1.93. The second-order valence-electron chi connectivity index (χ2n) is 4.33. The van der Waals surface area contributed by atoms with Gasteiger partial charge in [-0.25, -0.2) is 0 Å². The molecule has 1 aromatic rings. The summed E-state index contributed by atoms with van der Waals surface area (Å²) in [5.41, 5.74) is 8.28. The van der Waals surface area contributed by atoms with Crippen molar-refractivity contribution >= 4 is 17.3 Å². The molecule has 0 saturated heterocycles. The first-order chi connectivity index (χ1) is 8.20. The molecular formula is C13H18N2O2. The normalized spacial score (nSPS) is 13.4. The summed E-state index contributed by atoms with van der Waals surface area (Å²) in [6, 6.07) is 3.64. The van der Waals surface area contributed by atoms with E-state index >= 15 is 0 Å². The number of hydrogen-bond donors (Lipinski definition) is 2. The van der Waals surface area contributed by atoms with Crippen molar-refractivity contribution in [1.82, 2.24) is 0 Å². The predicted octanol–water partition coefficient (Wildman–Crippen LogP) is 2.33. The Bertz CT molecular complexity index is 430. The van der Waals surface area contributed by atoms with Crippen molar-refractivity contribution in [2.45, 2.75) is 32.6 Å². The maximum Gasteiger partial charge on any atom is 0.228 e. The Hall–Kier alpha value is -1.71. The summed E-state index contributed by atoms with van der Waals surface area (Å²) in [5.74, 6) is 0.685. The van der Waals surface area contributed by atoms with Crippen molar-refractivity contribution in [1.29, 1.82) is 0 Å². The van der Waals surface area contributed by atoms with Crippen LogP contribution in [0.3, 0.4) is 0 Å². The summed E-state index contributed by atoms with van der Waals surface area (Å²) < 4.78 is 5.62. The zero-order valence-corrected chi connectivity index (χ0v) is 10.1. The minimum absolute atomic E-state index is 0.0162. The topological polar surface area (TPSA) is 64.3 Å². The highest BCUT2D eigenvalue weighted by atomic mass is 16.5. The summed E-state index contributed by atoms with van der Waals surface area (Å²) in [6.07, 6.45) is 3.76. The highest BCUT2D eigenvalue weighted by Gasteiger charge is 2.19. The molecule has 17 heavy (non-hydrogen) atoms. The molecule has 1 amide bonds. The predicted molar refractivity (Wildman–Crippen MR) is 68.2 cm³/mol. The van der Waals surface area contributed by atoms with Crippen LogP contribution in [0.1, 0.15) is 31.7 Å². The van der Waals surface area contributed by atoms with E-state index in [0.29, 0.717) is 24.5 Å². The minimum Gasteiger partial charge on any atom is -0.491 e. The van der Waals surface area contributed by atoms with Crippen LogP contribution < -0.4 is 15.8 Å². The van der Waals surface area contributed by atoms with E-state index in [-0.39, 0.29) is 5.91 Å². The van der Waals surface area contributed by atoms with E-state index in [0.717, 1.165) is 24.1 Å². The molecule has 1 heterocycles. The number of nitrogen functional groups attached to an aromatic ring is 1. The van der Waals surface area contributed by atoms with Crippen LogP contribution in [-0.2, 0) is 11.2 Å². The quantitative estimate of drug-likeness (QED) is 0.607. The lowest BCUT2D eigenvalue weighted by Crippen LogP contribution is -2.04. The largest absolute Gasteiger partial charge is 0.491 e. The molecule has 3 N–H and O–H groups in total. The molecule has 0 fully saturated rings. The van der Waals surface area contributed by atoms with Crippen LogP contribution in [0.15, 0.2) is 12.1 Å². The van der Waals surface area contributed by atoms with Gasteiger partial charge >= 0.3 is 0 Å². The molecule has 0 radical (unpaired) electrons. The molecule has 1 aliphatic heterocycles.